The Labute approximate surface area is 348 Å². The molecule has 0 radical (unpaired) electrons. The van der Waals surface area contributed by atoms with Gasteiger partial charge in [-0.15, -0.1) is 21.5 Å². The lowest BCUT2D eigenvalue weighted by Gasteiger charge is -2.27. The number of ether oxygens (including phenoxy) is 3. The lowest BCUT2D eigenvalue weighted by Crippen LogP contribution is -2.54. The predicted octanol–water partition coefficient (Wildman–Crippen LogP) is 4.17. The Morgan fingerprint density at radius 3 is 2.47 bits per heavy atom. The summed E-state index contributed by atoms with van der Waals surface area (Å²) >= 11 is 7.85. The molecule has 5 heterocycles. The number of amides is 5. The largest absolute Gasteiger partial charge is 0.485 e. The van der Waals surface area contributed by atoms with Crippen molar-refractivity contribution in [3.05, 3.63) is 91.8 Å². The second kappa shape index (κ2) is 18.1. The summed E-state index contributed by atoms with van der Waals surface area (Å²) in [5, 5.41) is 15.5. The number of rotatable bonds is 17. The lowest BCUT2D eigenvalue weighted by molar-refractivity contribution is -0.136. The van der Waals surface area contributed by atoms with Crippen molar-refractivity contribution in [3.8, 4) is 10.8 Å². The van der Waals surface area contributed by atoms with Gasteiger partial charge in [-0.25, -0.2) is 0 Å². The van der Waals surface area contributed by atoms with Gasteiger partial charge in [-0.2, -0.15) is 0 Å². The maximum absolute atomic E-state index is 13.2. The van der Waals surface area contributed by atoms with Crippen molar-refractivity contribution < 1.29 is 43.0 Å². The minimum Gasteiger partial charge on any atom is -0.485 e. The summed E-state index contributed by atoms with van der Waals surface area (Å²) in [6.07, 6.45) is 0.686. The second-order valence-corrected chi connectivity index (χ2v) is 15.9. The molecule has 59 heavy (non-hydrogen) atoms. The number of nitrogens with zero attached hydrogens (tertiary/aromatic N) is 5. The number of Topliss-reactive ketones (excluding diaryl/α,β-unsaturated/α-hetero) is 1. The van der Waals surface area contributed by atoms with Crippen molar-refractivity contribution in [1.82, 2.24) is 30.3 Å². The van der Waals surface area contributed by atoms with Crippen LogP contribution >= 0.6 is 22.9 Å². The SMILES string of the molecule is Cc1sc2c(c1C)C(c1ccc(Cl)cc1)=N[C@@H](CC(=O)NCCOCCOCCCC(=O)COc1cccc3c1C(=O)N(C1CCC(=O)NC1=O)C3=O)c1nnc(C)n1-2. The number of hydrogen-bond donors (Lipinski definition) is 2. The topological polar surface area (TPSA) is 200 Å². The van der Waals surface area contributed by atoms with E-state index in [-0.39, 0.29) is 87.2 Å². The normalized spacial score (nSPS) is 17.2. The zero-order valence-corrected chi connectivity index (χ0v) is 34.2. The first kappa shape index (κ1) is 41.5. The smallest absolute Gasteiger partial charge is 0.266 e. The van der Waals surface area contributed by atoms with Gasteiger partial charge in [0.15, 0.2) is 11.6 Å². The Kier molecular flexibility index (Phi) is 12.7. The van der Waals surface area contributed by atoms with E-state index in [1.165, 1.54) is 18.2 Å². The molecule has 7 rings (SSSR count). The number of piperidine rings is 1. The van der Waals surface area contributed by atoms with Gasteiger partial charge >= 0.3 is 0 Å². The van der Waals surface area contributed by atoms with Crippen LogP contribution in [0.4, 0.5) is 0 Å². The third-order valence-corrected chi connectivity index (χ3v) is 11.7. The Morgan fingerprint density at radius 1 is 0.949 bits per heavy atom. The van der Waals surface area contributed by atoms with Crippen LogP contribution in [0.15, 0.2) is 47.5 Å². The molecule has 0 saturated carbocycles. The van der Waals surface area contributed by atoms with Gasteiger partial charge in [0.25, 0.3) is 11.8 Å². The van der Waals surface area contributed by atoms with Gasteiger partial charge in [0, 0.05) is 47.0 Å². The van der Waals surface area contributed by atoms with E-state index in [1.54, 1.807) is 11.3 Å². The molecule has 1 fully saturated rings. The van der Waals surface area contributed by atoms with E-state index in [2.05, 4.69) is 34.7 Å². The first-order chi connectivity index (χ1) is 28.4. The van der Waals surface area contributed by atoms with Crippen LogP contribution < -0.4 is 15.4 Å². The fourth-order valence-electron chi connectivity index (χ4n) is 7.17. The average molecular weight is 844 g/mol. The standard InChI is InChI=1S/C41H42ClN7O9S/c1-22-23(2)59-41-34(22)36(25-9-11-26(42)12-10-25)44-29(37-47-46-24(3)48(37)41)20-33(52)43-15-17-57-19-18-56-16-5-6-27(50)21-58-31-8-4-7-28-35(31)40(55)49(39(28)54)30-13-14-32(51)45-38(30)53/h4,7-12,29-30H,5-6,13-21H2,1-3H3,(H,43,52)(H,45,51,53)/t29-,30?/m0/s1. The molecule has 2 atom stereocenters. The zero-order chi connectivity index (χ0) is 41.8. The van der Waals surface area contributed by atoms with Crippen molar-refractivity contribution >= 4 is 64.0 Å². The zero-order valence-electron chi connectivity index (χ0n) is 32.7. The van der Waals surface area contributed by atoms with Crippen molar-refractivity contribution in [3.63, 3.8) is 0 Å². The number of thiophene rings is 1. The van der Waals surface area contributed by atoms with Gasteiger partial charge < -0.3 is 19.5 Å². The van der Waals surface area contributed by atoms with E-state index >= 15 is 0 Å². The molecule has 3 aliphatic rings. The molecule has 2 N–H and O–H groups in total. The summed E-state index contributed by atoms with van der Waals surface area (Å²) in [7, 11) is 0. The number of hydrogen-bond acceptors (Lipinski definition) is 13. The van der Waals surface area contributed by atoms with Crippen LogP contribution in [0.25, 0.3) is 5.00 Å². The highest BCUT2D eigenvalue weighted by Crippen LogP contribution is 2.40. The number of benzene rings is 2. The third-order valence-electron chi connectivity index (χ3n) is 10.2. The first-order valence-corrected chi connectivity index (χ1v) is 20.4. The number of nitrogens with one attached hydrogen (secondary N) is 2. The van der Waals surface area contributed by atoms with E-state index < -0.39 is 35.7 Å². The van der Waals surface area contributed by atoms with Crippen LogP contribution in [0, 0.1) is 20.8 Å². The molecule has 0 aliphatic carbocycles. The van der Waals surface area contributed by atoms with E-state index in [0.29, 0.717) is 29.7 Å². The highest BCUT2D eigenvalue weighted by molar-refractivity contribution is 7.15. The molecule has 2 aromatic heterocycles. The van der Waals surface area contributed by atoms with E-state index in [9.17, 15) is 28.8 Å². The van der Waals surface area contributed by atoms with Gasteiger partial charge in [-0.05, 0) is 63.4 Å². The summed E-state index contributed by atoms with van der Waals surface area (Å²) in [4.78, 5) is 83.1. The number of imide groups is 2. The quantitative estimate of drug-likeness (QED) is 0.114. The minimum absolute atomic E-state index is 0.00803. The fraction of sp³-hybridized carbons (Fsp3) is 0.390. The molecular formula is C41H42ClN7O9S. The van der Waals surface area contributed by atoms with Gasteiger partial charge in [-0.1, -0.05) is 29.8 Å². The number of aliphatic imine (C=N–C) groups is 1. The molecule has 5 amide bonds. The molecule has 0 bridgehead atoms. The van der Waals surface area contributed by atoms with Gasteiger partial charge in [0.1, 0.15) is 35.3 Å². The number of fused-ring (bicyclic) bond motifs is 4. The number of carbonyl (C=O) groups is 6. The molecule has 0 spiro atoms. The summed E-state index contributed by atoms with van der Waals surface area (Å²) in [6.45, 7) is 7.14. The van der Waals surface area contributed by atoms with Gasteiger partial charge in [0.05, 0.1) is 43.1 Å². The van der Waals surface area contributed by atoms with Crippen molar-refractivity contribution in [2.75, 3.05) is 39.6 Å². The molecule has 18 heteroatoms. The summed E-state index contributed by atoms with van der Waals surface area (Å²) < 4.78 is 18.9. The van der Waals surface area contributed by atoms with Crippen LogP contribution in [-0.2, 0) is 28.7 Å². The summed E-state index contributed by atoms with van der Waals surface area (Å²) in [5.74, 6) is -1.60. The Hall–Kier alpha value is -5.62. The van der Waals surface area contributed by atoms with Crippen LogP contribution in [0.1, 0.15) is 92.1 Å². The number of carbonyl (C=O) groups excluding carboxylic acids is 6. The first-order valence-electron chi connectivity index (χ1n) is 19.2. The fourth-order valence-corrected chi connectivity index (χ4v) is 8.51. The highest BCUT2D eigenvalue weighted by Gasteiger charge is 2.46. The number of ketones is 1. The average Bonchev–Trinajstić information content (AvgIpc) is 3.79. The van der Waals surface area contributed by atoms with E-state index in [0.717, 1.165) is 37.2 Å². The molecule has 1 saturated heterocycles. The lowest BCUT2D eigenvalue weighted by atomic mass is 9.99. The monoisotopic (exact) mass is 843 g/mol. The van der Waals surface area contributed by atoms with Crippen LogP contribution in [-0.4, -0.2) is 106 Å². The predicted molar refractivity (Wildman–Crippen MR) is 215 cm³/mol. The number of aryl methyl sites for hydroxylation is 2. The number of halogens is 1. The van der Waals surface area contributed by atoms with E-state index in [1.807, 2.05) is 35.8 Å². The maximum atomic E-state index is 13.2. The summed E-state index contributed by atoms with van der Waals surface area (Å²) in [6, 6.07) is 10.3. The maximum Gasteiger partial charge on any atom is 0.266 e. The molecule has 16 nitrogen and oxygen atoms in total. The van der Waals surface area contributed by atoms with Crippen molar-refractivity contribution in [2.45, 2.75) is 65.0 Å². The van der Waals surface area contributed by atoms with Gasteiger partial charge in [-0.3, -0.25) is 48.5 Å². The molecule has 308 valence electrons. The molecule has 1 unspecified atom stereocenters. The molecule has 4 aromatic rings. The molecule has 3 aliphatic heterocycles. The van der Waals surface area contributed by atoms with Crippen LogP contribution in [0.2, 0.25) is 5.02 Å². The van der Waals surface area contributed by atoms with E-state index in [4.69, 9.17) is 30.8 Å². The van der Waals surface area contributed by atoms with Crippen LogP contribution in [0.3, 0.4) is 0 Å². The van der Waals surface area contributed by atoms with Crippen LogP contribution in [0.5, 0.6) is 5.75 Å². The Bertz CT molecular complexity index is 2360. The Morgan fingerprint density at radius 2 is 1.71 bits per heavy atom. The van der Waals surface area contributed by atoms with Crippen molar-refractivity contribution in [2.24, 2.45) is 4.99 Å². The minimum atomic E-state index is -1.10. The second-order valence-electron chi connectivity index (χ2n) is 14.2. The van der Waals surface area contributed by atoms with Gasteiger partial charge in [0.2, 0.25) is 17.7 Å². The summed E-state index contributed by atoms with van der Waals surface area (Å²) in [5.41, 5.74) is 3.82. The molecule has 2 aromatic carbocycles. The van der Waals surface area contributed by atoms with Crippen molar-refractivity contribution in [1.29, 1.82) is 0 Å². The third kappa shape index (κ3) is 8.88. The number of aromatic nitrogens is 3. The molecular weight excluding hydrogens is 802 g/mol. The highest BCUT2D eigenvalue weighted by atomic mass is 35.5. The Balaban J connectivity index is 0.812.